The Balaban J connectivity index is 2.37. The molecular formula is C15H22N6O. The van der Waals surface area contributed by atoms with Gasteiger partial charge in [0.2, 0.25) is 5.82 Å². The molecule has 0 atom stereocenters. The van der Waals surface area contributed by atoms with Crippen LogP contribution >= 0.6 is 0 Å². The van der Waals surface area contributed by atoms with Gasteiger partial charge in [0.15, 0.2) is 5.82 Å². The summed E-state index contributed by atoms with van der Waals surface area (Å²) in [5.41, 5.74) is 5.64. The van der Waals surface area contributed by atoms with Gasteiger partial charge in [0.05, 0.1) is 6.04 Å². The van der Waals surface area contributed by atoms with Crippen LogP contribution < -0.4 is 10.7 Å². The molecule has 2 rings (SSSR count). The first kappa shape index (κ1) is 16.0. The fraction of sp³-hybridized carbons (Fsp3) is 0.600. The smallest absolute Gasteiger partial charge is 0.333 e. The van der Waals surface area contributed by atoms with Crippen LogP contribution in [-0.4, -0.2) is 33.6 Å². The van der Waals surface area contributed by atoms with Crippen molar-refractivity contribution in [3.8, 4) is 6.07 Å². The normalized spacial score (nSPS) is 14.8. The molecule has 0 aliphatic heterocycles. The van der Waals surface area contributed by atoms with E-state index in [1.54, 1.807) is 16.1 Å². The van der Waals surface area contributed by atoms with Crippen LogP contribution in [0.25, 0.3) is 0 Å². The molecule has 22 heavy (non-hydrogen) atoms. The van der Waals surface area contributed by atoms with E-state index in [4.69, 9.17) is 11.0 Å². The van der Waals surface area contributed by atoms with Gasteiger partial charge in [0, 0.05) is 18.8 Å². The number of hydrazine groups is 1. The van der Waals surface area contributed by atoms with Crippen molar-refractivity contribution in [2.24, 2.45) is 11.7 Å². The van der Waals surface area contributed by atoms with Crippen LogP contribution in [0.15, 0.2) is 12.3 Å². The Labute approximate surface area is 130 Å². The van der Waals surface area contributed by atoms with Crippen LogP contribution in [0.3, 0.4) is 0 Å². The number of carbonyl (C=O) groups excluding carboxylic acids is 1. The van der Waals surface area contributed by atoms with Crippen molar-refractivity contribution in [2.75, 3.05) is 11.6 Å². The molecule has 1 heterocycles. The van der Waals surface area contributed by atoms with E-state index in [0.29, 0.717) is 18.3 Å². The average Bonchev–Trinajstić information content (AvgIpc) is 2.99. The molecule has 0 spiro atoms. The first-order valence-electron chi connectivity index (χ1n) is 7.62. The van der Waals surface area contributed by atoms with Gasteiger partial charge in [-0.3, -0.25) is 5.01 Å². The van der Waals surface area contributed by atoms with E-state index in [1.165, 1.54) is 6.20 Å². The highest BCUT2D eigenvalue weighted by Gasteiger charge is 2.31. The Kier molecular flexibility index (Phi) is 5.15. The lowest BCUT2D eigenvalue weighted by Gasteiger charge is -2.39. The molecular weight excluding hydrogens is 280 g/mol. The van der Waals surface area contributed by atoms with Gasteiger partial charge in [-0.1, -0.05) is 26.7 Å². The SMILES string of the molecule is CC(C)CN(c1ccnc(C#N)n1)N(C(N)=O)C1CCCC1. The lowest BCUT2D eigenvalue weighted by atomic mass is 10.2. The van der Waals surface area contributed by atoms with Gasteiger partial charge in [0.25, 0.3) is 0 Å². The van der Waals surface area contributed by atoms with E-state index in [0.717, 1.165) is 25.7 Å². The van der Waals surface area contributed by atoms with E-state index in [2.05, 4.69) is 23.8 Å². The summed E-state index contributed by atoms with van der Waals surface area (Å²) < 4.78 is 0. The number of hydrogen-bond donors (Lipinski definition) is 1. The van der Waals surface area contributed by atoms with E-state index in [-0.39, 0.29) is 11.9 Å². The summed E-state index contributed by atoms with van der Waals surface area (Å²) in [5, 5.41) is 12.4. The molecule has 1 aliphatic carbocycles. The molecule has 2 amide bonds. The highest BCUT2D eigenvalue weighted by Crippen LogP contribution is 2.27. The van der Waals surface area contributed by atoms with Gasteiger partial charge in [-0.2, -0.15) is 10.2 Å². The summed E-state index contributed by atoms with van der Waals surface area (Å²) in [7, 11) is 0. The fourth-order valence-corrected chi connectivity index (χ4v) is 2.83. The molecule has 7 nitrogen and oxygen atoms in total. The number of amides is 2. The number of nitrogens with two attached hydrogens (primary N) is 1. The van der Waals surface area contributed by atoms with E-state index < -0.39 is 6.03 Å². The Hall–Kier alpha value is -2.36. The molecule has 7 heteroatoms. The monoisotopic (exact) mass is 302 g/mol. The number of primary amides is 1. The number of aromatic nitrogens is 2. The molecule has 0 saturated heterocycles. The summed E-state index contributed by atoms with van der Waals surface area (Å²) in [4.78, 5) is 20.1. The average molecular weight is 302 g/mol. The molecule has 0 radical (unpaired) electrons. The number of rotatable bonds is 5. The van der Waals surface area contributed by atoms with Crippen molar-refractivity contribution in [1.82, 2.24) is 15.0 Å². The van der Waals surface area contributed by atoms with Crippen LogP contribution in [0, 0.1) is 17.2 Å². The number of nitriles is 1. The largest absolute Gasteiger partial charge is 0.350 e. The molecule has 0 aromatic carbocycles. The van der Waals surface area contributed by atoms with E-state index >= 15 is 0 Å². The van der Waals surface area contributed by atoms with Gasteiger partial charge in [0.1, 0.15) is 6.07 Å². The zero-order valence-corrected chi connectivity index (χ0v) is 13.1. The lowest BCUT2D eigenvalue weighted by Crippen LogP contribution is -2.55. The zero-order valence-electron chi connectivity index (χ0n) is 13.1. The Morgan fingerprint density at radius 1 is 1.50 bits per heavy atom. The number of nitrogens with zero attached hydrogens (tertiary/aromatic N) is 5. The van der Waals surface area contributed by atoms with Crippen LogP contribution in [0.1, 0.15) is 45.4 Å². The summed E-state index contributed by atoms with van der Waals surface area (Å²) in [6, 6.07) is 3.24. The third kappa shape index (κ3) is 3.64. The molecule has 1 saturated carbocycles. The molecule has 1 fully saturated rings. The first-order valence-corrected chi connectivity index (χ1v) is 7.62. The molecule has 1 aliphatic rings. The second-order valence-electron chi connectivity index (χ2n) is 5.95. The van der Waals surface area contributed by atoms with Crippen molar-refractivity contribution in [3.63, 3.8) is 0 Å². The Morgan fingerprint density at radius 3 is 2.73 bits per heavy atom. The van der Waals surface area contributed by atoms with Crippen LogP contribution in [0.4, 0.5) is 10.6 Å². The minimum atomic E-state index is -0.482. The third-order valence-corrected chi connectivity index (χ3v) is 3.70. The summed E-state index contributed by atoms with van der Waals surface area (Å²) in [5.74, 6) is 0.928. The number of urea groups is 1. The summed E-state index contributed by atoms with van der Waals surface area (Å²) in [6.07, 6.45) is 5.60. The maximum absolute atomic E-state index is 12.0. The molecule has 0 unspecified atom stereocenters. The topological polar surface area (TPSA) is 99.1 Å². The van der Waals surface area contributed by atoms with Crippen molar-refractivity contribution < 1.29 is 4.79 Å². The minimum absolute atomic E-state index is 0.0853. The van der Waals surface area contributed by atoms with Crippen LogP contribution in [0.5, 0.6) is 0 Å². The third-order valence-electron chi connectivity index (χ3n) is 3.70. The van der Waals surface area contributed by atoms with Crippen molar-refractivity contribution in [3.05, 3.63) is 18.1 Å². The maximum Gasteiger partial charge on any atom is 0.333 e. The first-order chi connectivity index (χ1) is 10.5. The fourth-order valence-electron chi connectivity index (χ4n) is 2.83. The molecule has 0 bridgehead atoms. The van der Waals surface area contributed by atoms with E-state index in [9.17, 15) is 4.79 Å². The van der Waals surface area contributed by atoms with Gasteiger partial charge >= 0.3 is 6.03 Å². The Bertz CT molecular complexity index is 561. The highest BCUT2D eigenvalue weighted by atomic mass is 16.2. The van der Waals surface area contributed by atoms with E-state index in [1.807, 2.05) is 6.07 Å². The second-order valence-corrected chi connectivity index (χ2v) is 5.95. The lowest BCUT2D eigenvalue weighted by molar-refractivity contribution is 0.171. The van der Waals surface area contributed by atoms with Gasteiger partial charge in [-0.25, -0.2) is 14.8 Å². The van der Waals surface area contributed by atoms with Crippen LogP contribution in [-0.2, 0) is 0 Å². The number of carbonyl (C=O) groups is 1. The molecule has 2 N–H and O–H groups in total. The molecule has 1 aromatic heterocycles. The number of hydrogen-bond acceptors (Lipinski definition) is 5. The standard InChI is InChI=1S/C15H22N6O/c1-11(2)10-20(14-7-8-18-13(9-16)19-14)21(15(17)22)12-5-3-4-6-12/h7-8,11-12H,3-6,10H2,1-2H3,(H2,17,22). The predicted molar refractivity (Wildman–Crippen MR) is 82.6 cm³/mol. The van der Waals surface area contributed by atoms with Crippen molar-refractivity contribution in [2.45, 2.75) is 45.6 Å². The minimum Gasteiger partial charge on any atom is -0.350 e. The molecule has 118 valence electrons. The summed E-state index contributed by atoms with van der Waals surface area (Å²) in [6.45, 7) is 4.72. The van der Waals surface area contributed by atoms with Crippen LogP contribution in [0.2, 0.25) is 0 Å². The quantitative estimate of drug-likeness (QED) is 0.839. The number of anilines is 1. The summed E-state index contributed by atoms with van der Waals surface area (Å²) >= 11 is 0. The second kappa shape index (κ2) is 7.07. The highest BCUT2D eigenvalue weighted by molar-refractivity contribution is 5.74. The molecule has 1 aromatic rings. The van der Waals surface area contributed by atoms with Crippen molar-refractivity contribution in [1.29, 1.82) is 5.26 Å². The van der Waals surface area contributed by atoms with Gasteiger partial charge < -0.3 is 5.73 Å². The predicted octanol–water partition coefficient (Wildman–Crippen LogP) is 2.05. The Morgan fingerprint density at radius 2 is 2.18 bits per heavy atom. The van der Waals surface area contributed by atoms with Crippen molar-refractivity contribution >= 4 is 11.8 Å². The van der Waals surface area contributed by atoms with Gasteiger partial charge in [-0.05, 0) is 18.8 Å². The maximum atomic E-state index is 12.0. The zero-order chi connectivity index (χ0) is 16.1. The van der Waals surface area contributed by atoms with Gasteiger partial charge in [-0.15, -0.1) is 0 Å².